The molecule has 8 heteroatoms. The van der Waals surface area contributed by atoms with Gasteiger partial charge in [-0.1, -0.05) is 12.1 Å². The monoisotopic (exact) mass is 371 g/mol. The number of nitrogens with two attached hydrogens (primary N) is 1. The van der Waals surface area contributed by atoms with Crippen LogP contribution >= 0.6 is 0 Å². The van der Waals surface area contributed by atoms with Crippen LogP contribution in [-0.4, -0.2) is 27.1 Å². The summed E-state index contributed by atoms with van der Waals surface area (Å²) in [6.45, 7) is 1.74. The van der Waals surface area contributed by atoms with Crippen molar-refractivity contribution in [3.63, 3.8) is 0 Å². The van der Waals surface area contributed by atoms with Gasteiger partial charge in [0.1, 0.15) is 5.75 Å². The Balaban J connectivity index is 1.91. The molecule has 2 aromatic rings. The summed E-state index contributed by atoms with van der Waals surface area (Å²) in [6, 6.07) is 13.0. The summed E-state index contributed by atoms with van der Waals surface area (Å²) in [6.07, 6.45) is 1.74. The normalized spacial score (nSPS) is 16.1. The van der Waals surface area contributed by atoms with E-state index in [2.05, 4.69) is 5.10 Å². The van der Waals surface area contributed by atoms with Crippen LogP contribution in [0.15, 0.2) is 64.1 Å². The molecule has 2 aromatic carbocycles. The number of amides is 1. The van der Waals surface area contributed by atoms with Crippen LogP contribution in [0.1, 0.15) is 12.5 Å². The lowest BCUT2D eigenvalue weighted by Gasteiger charge is -2.12. The average molecular weight is 371 g/mol. The molecule has 1 amide bonds. The Bertz CT molecular complexity index is 1020. The molecule has 3 rings (SSSR count). The lowest BCUT2D eigenvalue weighted by atomic mass is 10.1. The fourth-order valence-corrected chi connectivity index (χ4v) is 3.05. The number of hydrogen-bond donors (Lipinski definition) is 1. The number of hydrazone groups is 1. The van der Waals surface area contributed by atoms with Gasteiger partial charge < -0.3 is 4.74 Å². The van der Waals surface area contributed by atoms with Gasteiger partial charge in [0.15, 0.2) is 0 Å². The fourth-order valence-electron chi connectivity index (χ4n) is 2.53. The second-order valence-corrected chi connectivity index (χ2v) is 7.24. The maximum absolute atomic E-state index is 12.7. The van der Waals surface area contributed by atoms with Crippen LogP contribution in [0.3, 0.4) is 0 Å². The van der Waals surface area contributed by atoms with Gasteiger partial charge in [0, 0.05) is 0 Å². The largest absolute Gasteiger partial charge is 0.497 e. The summed E-state index contributed by atoms with van der Waals surface area (Å²) in [5.41, 5.74) is 2.28. The number of carbonyl (C=O) groups is 1. The van der Waals surface area contributed by atoms with Crippen LogP contribution in [0, 0.1) is 0 Å². The molecule has 0 unspecified atom stereocenters. The van der Waals surface area contributed by atoms with Gasteiger partial charge in [-0.2, -0.15) is 10.1 Å². The predicted molar refractivity (Wildman–Crippen MR) is 99.4 cm³/mol. The van der Waals surface area contributed by atoms with Crippen molar-refractivity contribution in [1.29, 1.82) is 0 Å². The van der Waals surface area contributed by atoms with Crippen molar-refractivity contribution in [3.8, 4) is 5.75 Å². The Morgan fingerprint density at radius 1 is 1.15 bits per heavy atom. The molecule has 0 fully saturated rings. The highest BCUT2D eigenvalue weighted by Crippen LogP contribution is 2.26. The highest BCUT2D eigenvalue weighted by Gasteiger charge is 2.28. The van der Waals surface area contributed by atoms with E-state index in [4.69, 9.17) is 9.88 Å². The van der Waals surface area contributed by atoms with Crippen LogP contribution in [0.25, 0.3) is 6.08 Å². The zero-order valence-electron chi connectivity index (χ0n) is 14.2. The molecule has 0 bridgehead atoms. The minimum atomic E-state index is -3.79. The topological polar surface area (TPSA) is 102 Å². The first-order chi connectivity index (χ1) is 12.3. The Morgan fingerprint density at radius 3 is 2.46 bits per heavy atom. The number of anilines is 1. The van der Waals surface area contributed by atoms with Crippen LogP contribution in [0.4, 0.5) is 5.69 Å². The third-order valence-corrected chi connectivity index (χ3v) is 4.81. The quantitative estimate of drug-likeness (QED) is 0.832. The van der Waals surface area contributed by atoms with E-state index in [-0.39, 0.29) is 10.8 Å². The molecule has 0 atom stereocenters. The summed E-state index contributed by atoms with van der Waals surface area (Å²) in [5.74, 6) is 0.392. The molecule has 1 aliphatic rings. The molecule has 0 aliphatic carbocycles. The first kappa shape index (κ1) is 17.8. The first-order valence-electron chi connectivity index (χ1n) is 7.68. The molecule has 1 aliphatic heterocycles. The molecule has 0 saturated heterocycles. The third-order valence-electron chi connectivity index (χ3n) is 3.88. The van der Waals surface area contributed by atoms with Gasteiger partial charge in [-0.15, -0.1) is 0 Å². The van der Waals surface area contributed by atoms with E-state index in [1.807, 2.05) is 24.3 Å². The number of sulfonamides is 1. The van der Waals surface area contributed by atoms with Gasteiger partial charge in [-0.3, -0.25) is 4.79 Å². The van der Waals surface area contributed by atoms with E-state index in [0.717, 1.165) is 5.56 Å². The van der Waals surface area contributed by atoms with E-state index >= 15 is 0 Å². The van der Waals surface area contributed by atoms with Gasteiger partial charge >= 0.3 is 0 Å². The van der Waals surface area contributed by atoms with Crippen molar-refractivity contribution >= 4 is 33.4 Å². The van der Waals surface area contributed by atoms with Gasteiger partial charge in [0.2, 0.25) is 10.0 Å². The van der Waals surface area contributed by atoms with Crippen LogP contribution in [0.2, 0.25) is 0 Å². The average Bonchev–Trinajstić information content (AvgIpc) is 2.89. The molecular weight excluding hydrogens is 354 g/mol. The van der Waals surface area contributed by atoms with Crippen LogP contribution < -0.4 is 14.9 Å². The predicted octanol–water partition coefficient (Wildman–Crippen LogP) is 2.15. The number of benzene rings is 2. The summed E-state index contributed by atoms with van der Waals surface area (Å²) in [7, 11) is -2.21. The summed E-state index contributed by atoms with van der Waals surface area (Å²) < 4.78 is 27.9. The molecular formula is C18H17N3O4S. The van der Waals surface area contributed by atoms with Crippen molar-refractivity contribution < 1.29 is 17.9 Å². The van der Waals surface area contributed by atoms with E-state index in [0.29, 0.717) is 22.7 Å². The van der Waals surface area contributed by atoms with E-state index < -0.39 is 10.0 Å². The van der Waals surface area contributed by atoms with Crippen molar-refractivity contribution in [1.82, 2.24) is 0 Å². The Hall–Kier alpha value is -2.97. The number of carbonyl (C=O) groups excluding carboxylic acids is 1. The number of hydrogen-bond acceptors (Lipinski definition) is 5. The lowest BCUT2D eigenvalue weighted by molar-refractivity contribution is -0.114. The number of methoxy groups -OCH3 is 1. The van der Waals surface area contributed by atoms with Crippen molar-refractivity contribution in [2.24, 2.45) is 10.2 Å². The molecule has 2 N–H and O–H groups in total. The maximum Gasteiger partial charge on any atom is 0.280 e. The van der Waals surface area contributed by atoms with Crippen LogP contribution in [0.5, 0.6) is 5.75 Å². The highest BCUT2D eigenvalue weighted by molar-refractivity contribution is 7.89. The highest BCUT2D eigenvalue weighted by atomic mass is 32.2. The number of nitrogens with zero attached hydrogens (tertiary/aromatic N) is 2. The van der Waals surface area contributed by atoms with E-state index in [9.17, 15) is 13.2 Å². The van der Waals surface area contributed by atoms with E-state index in [1.54, 1.807) is 20.1 Å². The number of rotatable bonds is 4. The molecule has 26 heavy (non-hydrogen) atoms. The second-order valence-electron chi connectivity index (χ2n) is 5.68. The van der Waals surface area contributed by atoms with Crippen LogP contribution in [-0.2, 0) is 14.8 Å². The molecule has 0 radical (unpaired) electrons. The third kappa shape index (κ3) is 3.51. The molecule has 7 nitrogen and oxygen atoms in total. The summed E-state index contributed by atoms with van der Waals surface area (Å²) in [4.78, 5) is 12.7. The number of primary sulfonamides is 1. The van der Waals surface area contributed by atoms with Gasteiger partial charge in [0.05, 0.1) is 29.0 Å². The first-order valence-corrected chi connectivity index (χ1v) is 9.23. The zero-order valence-corrected chi connectivity index (χ0v) is 15.0. The molecule has 0 spiro atoms. The Morgan fingerprint density at radius 2 is 1.85 bits per heavy atom. The van der Waals surface area contributed by atoms with Gasteiger partial charge in [0.25, 0.3) is 5.91 Å². The minimum Gasteiger partial charge on any atom is -0.497 e. The number of ether oxygens (including phenoxy) is 1. The van der Waals surface area contributed by atoms with E-state index in [1.165, 1.54) is 29.3 Å². The van der Waals surface area contributed by atoms with Crippen molar-refractivity contribution in [2.75, 3.05) is 12.1 Å². The Kier molecular flexibility index (Phi) is 4.62. The standard InChI is InChI=1S/C18H17N3O4S/c1-12-17(11-13-4-3-5-15(10-13)25-2)18(22)21(20-12)14-6-8-16(9-7-14)26(19,23)24/h3-11H,1-2H3,(H2,19,23,24)/b17-11+. The molecule has 0 saturated carbocycles. The smallest absolute Gasteiger partial charge is 0.280 e. The second kappa shape index (κ2) is 6.74. The van der Waals surface area contributed by atoms with Gasteiger partial charge in [-0.25, -0.2) is 13.6 Å². The molecule has 134 valence electrons. The molecule has 0 aromatic heterocycles. The van der Waals surface area contributed by atoms with Crippen molar-refractivity contribution in [3.05, 3.63) is 59.7 Å². The Labute approximate surface area is 151 Å². The SMILES string of the molecule is COc1cccc(/C=C2/C(=O)N(c3ccc(S(N)(=O)=O)cc3)N=C2C)c1. The fraction of sp³-hybridized carbons (Fsp3) is 0.111. The zero-order chi connectivity index (χ0) is 18.9. The van der Waals surface area contributed by atoms with Crippen molar-refractivity contribution in [2.45, 2.75) is 11.8 Å². The lowest BCUT2D eigenvalue weighted by Crippen LogP contribution is -2.21. The maximum atomic E-state index is 12.7. The van der Waals surface area contributed by atoms with Gasteiger partial charge in [-0.05, 0) is 55.0 Å². The minimum absolute atomic E-state index is 0.0271. The molecule has 1 heterocycles. The summed E-state index contributed by atoms with van der Waals surface area (Å²) in [5, 5.41) is 10.6. The summed E-state index contributed by atoms with van der Waals surface area (Å²) >= 11 is 0.